The van der Waals surface area contributed by atoms with Crippen LogP contribution >= 0.6 is 8.03 Å². The highest BCUT2D eigenvalue weighted by atomic mass is 31.1. The van der Waals surface area contributed by atoms with E-state index in [2.05, 4.69) is 0 Å². The van der Waals surface area contributed by atoms with Gasteiger partial charge in [-0.15, -0.1) is 0 Å². The second-order valence-electron chi connectivity index (χ2n) is 2.79. The first kappa shape index (κ1) is 12.0. The highest BCUT2D eigenvalue weighted by molar-refractivity contribution is 7.41. The van der Waals surface area contributed by atoms with Crippen molar-refractivity contribution in [1.29, 1.82) is 0 Å². The molecule has 0 saturated carbocycles. The lowest BCUT2D eigenvalue weighted by molar-refractivity contribution is -0.150. The van der Waals surface area contributed by atoms with E-state index in [4.69, 9.17) is 15.1 Å². The summed E-state index contributed by atoms with van der Waals surface area (Å²) in [6.07, 6.45) is 0. The molecule has 0 fully saturated rings. The van der Waals surface area contributed by atoms with Crippen molar-refractivity contribution in [3.63, 3.8) is 0 Å². The van der Waals surface area contributed by atoms with E-state index in [9.17, 15) is 14.2 Å². The van der Waals surface area contributed by atoms with E-state index < -0.39 is 31.0 Å². The van der Waals surface area contributed by atoms with Crippen LogP contribution in [0.4, 0.5) is 0 Å². The van der Waals surface area contributed by atoms with E-state index in [-0.39, 0.29) is 0 Å². The van der Waals surface area contributed by atoms with Crippen LogP contribution in [0, 0.1) is 5.92 Å². The number of carbonyl (C=O) groups is 2. The fraction of sp³-hybridized carbons (Fsp3) is 0.667. The summed E-state index contributed by atoms with van der Waals surface area (Å²) in [7, 11) is -3.09. The Morgan fingerprint density at radius 3 is 1.85 bits per heavy atom. The Morgan fingerprint density at radius 1 is 1.38 bits per heavy atom. The lowest BCUT2D eigenvalue weighted by Crippen LogP contribution is -2.42. The Kier molecular flexibility index (Phi) is 3.51. The molecular formula is C6H10O6P+. The summed E-state index contributed by atoms with van der Waals surface area (Å²) in [5.74, 6) is -4.42. The van der Waals surface area contributed by atoms with E-state index in [1.54, 1.807) is 0 Å². The smallest absolute Gasteiger partial charge is 0.481 e. The molecule has 0 rings (SSSR count). The van der Waals surface area contributed by atoms with Crippen molar-refractivity contribution in [3.05, 3.63) is 0 Å². The molecule has 0 heterocycles. The monoisotopic (exact) mass is 209 g/mol. The van der Waals surface area contributed by atoms with Crippen molar-refractivity contribution in [3.8, 4) is 0 Å². The maximum atomic E-state index is 10.7. The van der Waals surface area contributed by atoms with E-state index in [0.717, 1.165) is 13.8 Å². The van der Waals surface area contributed by atoms with Crippen molar-refractivity contribution >= 4 is 20.0 Å². The van der Waals surface area contributed by atoms with E-state index in [0.29, 0.717) is 0 Å². The lowest BCUT2D eigenvalue weighted by atomic mass is 9.95. The average molecular weight is 209 g/mol. The van der Waals surface area contributed by atoms with Crippen LogP contribution in [0.1, 0.15) is 13.8 Å². The van der Waals surface area contributed by atoms with Crippen LogP contribution in [0.25, 0.3) is 0 Å². The minimum Gasteiger partial charge on any atom is -0.481 e. The molecule has 3 atom stereocenters. The zero-order chi connectivity index (χ0) is 10.8. The second-order valence-corrected chi connectivity index (χ2v) is 4.26. The molecule has 0 spiro atoms. The molecule has 0 saturated heterocycles. The van der Waals surface area contributed by atoms with Crippen molar-refractivity contribution in [2.24, 2.45) is 5.92 Å². The third kappa shape index (κ3) is 2.02. The Bertz CT molecular complexity index is 246. The maximum Gasteiger partial charge on any atom is 0.524 e. The van der Waals surface area contributed by atoms with E-state index in [1.807, 2.05) is 0 Å². The van der Waals surface area contributed by atoms with Gasteiger partial charge in [0.1, 0.15) is 5.92 Å². The topological polar surface area (TPSA) is 112 Å². The van der Waals surface area contributed by atoms with E-state index in [1.165, 1.54) is 0 Å². The molecule has 0 radical (unpaired) electrons. The van der Waals surface area contributed by atoms with Crippen LogP contribution in [0.2, 0.25) is 0 Å². The molecular weight excluding hydrogens is 199 g/mol. The zero-order valence-corrected chi connectivity index (χ0v) is 7.99. The molecule has 0 amide bonds. The van der Waals surface area contributed by atoms with Gasteiger partial charge >= 0.3 is 25.1 Å². The van der Waals surface area contributed by atoms with Gasteiger partial charge in [-0.25, -0.2) is 4.79 Å². The third-order valence-electron chi connectivity index (χ3n) is 2.04. The van der Waals surface area contributed by atoms with Crippen molar-refractivity contribution in [1.82, 2.24) is 0 Å². The van der Waals surface area contributed by atoms with Crippen molar-refractivity contribution in [2.75, 3.05) is 0 Å². The van der Waals surface area contributed by atoms with Gasteiger partial charge in [-0.3, -0.25) is 4.79 Å². The SMILES string of the molecule is C[C@@H](C(=O)O)C(C)(C(=O)O)[P+](=O)O. The molecule has 13 heavy (non-hydrogen) atoms. The minimum atomic E-state index is -3.09. The summed E-state index contributed by atoms with van der Waals surface area (Å²) in [6.45, 7) is 2.02. The highest BCUT2D eigenvalue weighted by Crippen LogP contribution is 2.41. The van der Waals surface area contributed by atoms with Crippen LogP contribution in [0.3, 0.4) is 0 Å². The summed E-state index contributed by atoms with van der Waals surface area (Å²) >= 11 is 0. The quantitative estimate of drug-likeness (QED) is 0.573. The predicted octanol–water partition coefficient (Wildman–Crippen LogP) is 0.285. The number of rotatable bonds is 4. The molecule has 6 nitrogen and oxygen atoms in total. The van der Waals surface area contributed by atoms with Gasteiger partial charge < -0.3 is 10.2 Å². The zero-order valence-electron chi connectivity index (χ0n) is 7.09. The second kappa shape index (κ2) is 3.81. The van der Waals surface area contributed by atoms with Gasteiger partial charge in [0.25, 0.3) is 0 Å². The van der Waals surface area contributed by atoms with Gasteiger partial charge in [0.2, 0.25) is 0 Å². The normalized spacial score (nSPS) is 18.5. The van der Waals surface area contributed by atoms with Gasteiger partial charge in [0, 0.05) is 6.92 Å². The average Bonchev–Trinajstić information content (AvgIpc) is 2.00. The van der Waals surface area contributed by atoms with Crippen molar-refractivity contribution in [2.45, 2.75) is 19.0 Å². The molecule has 3 N–H and O–H groups in total. The van der Waals surface area contributed by atoms with Crippen LogP contribution in [0.5, 0.6) is 0 Å². The van der Waals surface area contributed by atoms with Crippen LogP contribution in [-0.4, -0.2) is 32.2 Å². The fourth-order valence-electron chi connectivity index (χ4n) is 0.673. The molecule has 0 aromatic carbocycles. The molecule has 74 valence electrons. The Labute approximate surface area is 75.1 Å². The van der Waals surface area contributed by atoms with Crippen molar-refractivity contribution < 1.29 is 29.3 Å². The van der Waals surface area contributed by atoms with Gasteiger partial charge in [-0.2, -0.15) is 4.89 Å². The first-order chi connectivity index (χ1) is 5.74. The van der Waals surface area contributed by atoms with Crippen LogP contribution < -0.4 is 0 Å². The molecule has 7 heteroatoms. The molecule has 0 aromatic heterocycles. The van der Waals surface area contributed by atoms with Gasteiger partial charge in [0.05, 0.1) is 0 Å². The third-order valence-corrected chi connectivity index (χ3v) is 3.42. The minimum absolute atomic E-state index is 0.937. The predicted molar refractivity (Wildman–Crippen MR) is 42.7 cm³/mol. The van der Waals surface area contributed by atoms with Crippen LogP contribution in [0.15, 0.2) is 0 Å². The molecule has 0 aliphatic carbocycles. The Hall–Kier alpha value is -1.00. The van der Waals surface area contributed by atoms with Gasteiger partial charge in [0.15, 0.2) is 0 Å². The van der Waals surface area contributed by atoms with Crippen LogP contribution in [-0.2, 0) is 14.2 Å². The lowest BCUT2D eigenvalue weighted by Gasteiger charge is -2.15. The summed E-state index contributed by atoms with van der Waals surface area (Å²) < 4.78 is 10.7. The first-order valence-corrected chi connectivity index (χ1v) is 4.58. The molecule has 0 aromatic rings. The van der Waals surface area contributed by atoms with Gasteiger partial charge in [-0.1, -0.05) is 0 Å². The standard InChI is InChI=1S/C6H9O6P/c1-3(4(7)8)6(2,5(9)10)13(11)12/h3H,1-2H3,(H2-,7,8,9,10,11,12)/p+1/t3-,6?/m0/s1. The molecule has 0 aliphatic rings. The number of hydrogen-bond donors (Lipinski definition) is 3. The summed E-state index contributed by atoms with van der Waals surface area (Å²) in [4.78, 5) is 29.8. The fourth-order valence-corrected chi connectivity index (χ4v) is 1.28. The number of aliphatic carboxylic acids is 2. The summed E-state index contributed by atoms with van der Waals surface area (Å²) in [6, 6.07) is 0. The van der Waals surface area contributed by atoms with Gasteiger partial charge in [-0.05, 0) is 11.5 Å². The molecule has 0 aliphatic heterocycles. The van der Waals surface area contributed by atoms with E-state index >= 15 is 0 Å². The largest absolute Gasteiger partial charge is 0.524 e. The number of hydrogen-bond acceptors (Lipinski definition) is 3. The Balaban J connectivity index is 5.13. The highest BCUT2D eigenvalue weighted by Gasteiger charge is 2.59. The first-order valence-electron chi connectivity index (χ1n) is 3.37. The molecule has 0 bridgehead atoms. The summed E-state index contributed by atoms with van der Waals surface area (Å²) in [5.41, 5.74) is 0. The Morgan fingerprint density at radius 2 is 1.77 bits per heavy atom. The molecule has 2 unspecified atom stereocenters. The number of carboxylic acids is 2. The number of carboxylic acid groups (broad SMARTS) is 2. The summed E-state index contributed by atoms with van der Waals surface area (Å²) in [5, 5.41) is 15.0. The maximum absolute atomic E-state index is 10.7.